The van der Waals surface area contributed by atoms with Gasteiger partial charge in [-0.1, -0.05) is 60.7 Å². The van der Waals surface area contributed by atoms with Crippen LogP contribution < -0.4 is 4.90 Å². The average molecular weight is 450 g/mol. The molecule has 4 heteroatoms. The number of aliphatic imine (C=N–C) groups is 1. The first-order chi connectivity index (χ1) is 12.7. The summed E-state index contributed by atoms with van der Waals surface area (Å²) in [6.07, 6.45) is 1.83. The molecule has 0 saturated carbocycles. The monoisotopic (exact) mass is 450 g/mol. The van der Waals surface area contributed by atoms with E-state index in [2.05, 4.69) is 27.6 Å². The number of anilines is 1. The highest BCUT2D eigenvalue weighted by Gasteiger charge is 2.32. The molecule has 0 bridgehead atoms. The van der Waals surface area contributed by atoms with E-state index < -0.39 is 0 Å². The second-order valence-electron chi connectivity index (χ2n) is 5.86. The quantitative estimate of drug-likeness (QED) is 0.403. The van der Waals surface area contributed by atoms with Crippen LogP contribution in [0, 0.1) is 3.57 Å². The molecule has 0 atom stereocenters. The van der Waals surface area contributed by atoms with Gasteiger partial charge >= 0.3 is 0 Å². The van der Waals surface area contributed by atoms with Crippen molar-refractivity contribution in [1.82, 2.24) is 0 Å². The maximum Gasteiger partial charge on any atom is 0.282 e. The van der Waals surface area contributed by atoms with E-state index in [0.717, 1.165) is 20.4 Å². The average Bonchev–Trinajstić information content (AvgIpc) is 3.00. The van der Waals surface area contributed by atoms with Gasteiger partial charge in [-0.3, -0.25) is 9.69 Å². The molecule has 0 spiro atoms. The van der Waals surface area contributed by atoms with Crippen molar-refractivity contribution in [2.24, 2.45) is 4.99 Å². The van der Waals surface area contributed by atoms with Crippen molar-refractivity contribution in [2.75, 3.05) is 4.90 Å². The van der Waals surface area contributed by atoms with Gasteiger partial charge in [0.05, 0.1) is 5.69 Å². The number of hydrogen-bond donors (Lipinski definition) is 0. The minimum absolute atomic E-state index is 0.117. The van der Waals surface area contributed by atoms with E-state index in [1.807, 2.05) is 91.0 Å². The van der Waals surface area contributed by atoms with Crippen LogP contribution in [-0.2, 0) is 4.79 Å². The first kappa shape index (κ1) is 16.7. The van der Waals surface area contributed by atoms with Gasteiger partial charge in [-0.05, 0) is 58.5 Å². The first-order valence-corrected chi connectivity index (χ1v) is 9.31. The Balaban J connectivity index is 1.82. The van der Waals surface area contributed by atoms with Gasteiger partial charge in [0, 0.05) is 9.13 Å². The topological polar surface area (TPSA) is 32.7 Å². The van der Waals surface area contributed by atoms with Gasteiger partial charge < -0.3 is 0 Å². The Kier molecular flexibility index (Phi) is 4.67. The third kappa shape index (κ3) is 3.32. The molecule has 26 heavy (non-hydrogen) atoms. The Labute approximate surface area is 165 Å². The zero-order valence-electron chi connectivity index (χ0n) is 13.8. The number of hydrogen-bond acceptors (Lipinski definition) is 2. The molecule has 1 heterocycles. The third-order valence-corrected chi connectivity index (χ3v) is 4.80. The van der Waals surface area contributed by atoms with Crippen LogP contribution in [0.4, 0.5) is 5.69 Å². The van der Waals surface area contributed by atoms with Crippen LogP contribution >= 0.6 is 22.6 Å². The second-order valence-corrected chi connectivity index (χ2v) is 7.10. The van der Waals surface area contributed by atoms with Crippen LogP contribution in [0.3, 0.4) is 0 Å². The molecule has 0 radical (unpaired) electrons. The van der Waals surface area contributed by atoms with Crippen LogP contribution in [0.1, 0.15) is 11.1 Å². The zero-order chi connectivity index (χ0) is 17.9. The van der Waals surface area contributed by atoms with Crippen molar-refractivity contribution in [3.05, 3.63) is 105 Å². The summed E-state index contributed by atoms with van der Waals surface area (Å²) in [7, 11) is 0. The molecular weight excluding hydrogens is 435 g/mol. The second kappa shape index (κ2) is 7.25. The summed E-state index contributed by atoms with van der Waals surface area (Å²) in [5, 5.41) is 0. The maximum atomic E-state index is 13.1. The van der Waals surface area contributed by atoms with E-state index in [9.17, 15) is 4.79 Å². The number of rotatable bonds is 3. The van der Waals surface area contributed by atoms with Crippen molar-refractivity contribution < 1.29 is 4.79 Å². The molecule has 3 aromatic carbocycles. The summed E-state index contributed by atoms with van der Waals surface area (Å²) in [5.41, 5.74) is 3.12. The predicted molar refractivity (Wildman–Crippen MR) is 114 cm³/mol. The van der Waals surface area contributed by atoms with E-state index in [4.69, 9.17) is 0 Å². The molecule has 0 aromatic heterocycles. The minimum atomic E-state index is -0.117. The molecule has 126 valence electrons. The third-order valence-electron chi connectivity index (χ3n) is 4.08. The van der Waals surface area contributed by atoms with E-state index in [1.54, 1.807) is 4.90 Å². The van der Waals surface area contributed by atoms with Gasteiger partial charge in [0.1, 0.15) is 11.5 Å². The number of carbonyl (C=O) groups excluding carboxylic acids is 1. The Morgan fingerprint density at radius 3 is 2.08 bits per heavy atom. The normalized spacial score (nSPS) is 15.4. The lowest BCUT2D eigenvalue weighted by atomic mass is 10.1. The molecule has 3 nitrogen and oxygen atoms in total. The molecule has 0 N–H and O–H groups in total. The van der Waals surface area contributed by atoms with Gasteiger partial charge in [0.15, 0.2) is 0 Å². The fourth-order valence-electron chi connectivity index (χ4n) is 2.83. The lowest BCUT2D eigenvalue weighted by molar-refractivity contribution is -0.113. The minimum Gasteiger partial charge on any atom is -0.266 e. The fraction of sp³-hybridized carbons (Fsp3) is 0. The summed E-state index contributed by atoms with van der Waals surface area (Å²) in [6, 6.07) is 27.5. The highest BCUT2D eigenvalue weighted by Crippen LogP contribution is 2.28. The SMILES string of the molecule is O=C1C(=Cc2ccccc2)N=C(c2ccccc2)N1c1ccc(I)cc1. The maximum absolute atomic E-state index is 13.1. The molecule has 4 rings (SSSR count). The molecule has 0 aliphatic carbocycles. The summed E-state index contributed by atoms with van der Waals surface area (Å²) >= 11 is 2.26. The highest BCUT2D eigenvalue weighted by atomic mass is 127. The lowest BCUT2D eigenvalue weighted by Gasteiger charge is -2.18. The van der Waals surface area contributed by atoms with Gasteiger partial charge in [0.25, 0.3) is 5.91 Å². The summed E-state index contributed by atoms with van der Waals surface area (Å²) in [6.45, 7) is 0. The lowest BCUT2D eigenvalue weighted by Crippen LogP contribution is -2.32. The van der Waals surface area contributed by atoms with E-state index in [1.165, 1.54) is 0 Å². The van der Waals surface area contributed by atoms with Gasteiger partial charge in [-0.25, -0.2) is 4.99 Å². The summed E-state index contributed by atoms with van der Waals surface area (Å²) < 4.78 is 1.12. The standard InChI is InChI=1S/C22H15IN2O/c23-18-11-13-19(14-12-18)25-21(17-9-5-2-6-10-17)24-20(22(25)26)15-16-7-3-1-4-8-16/h1-15H. The molecule has 1 amide bonds. The Morgan fingerprint density at radius 1 is 0.808 bits per heavy atom. The molecular formula is C22H15IN2O. The highest BCUT2D eigenvalue weighted by molar-refractivity contribution is 14.1. The molecule has 0 fully saturated rings. The van der Waals surface area contributed by atoms with Crippen molar-refractivity contribution >= 4 is 46.1 Å². The van der Waals surface area contributed by atoms with Crippen LogP contribution in [0.5, 0.6) is 0 Å². The van der Waals surface area contributed by atoms with Gasteiger partial charge in [-0.15, -0.1) is 0 Å². The Hall–Kier alpha value is -2.73. The van der Waals surface area contributed by atoms with Crippen molar-refractivity contribution in [3.8, 4) is 0 Å². The van der Waals surface area contributed by atoms with E-state index in [-0.39, 0.29) is 5.91 Å². The zero-order valence-corrected chi connectivity index (χ0v) is 16.0. The Bertz CT molecular complexity index is 993. The van der Waals surface area contributed by atoms with Gasteiger partial charge in [-0.2, -0.15) is 0 Å². The Morgan fingerprint density at radius 2 is 1.42 bits per heavy atom. The molecule has 3 aromatic rings. The smallest absolute Gasteiger partial charge is 0.266 e. The summed E-state index contributed by atoms with van der Waals surface area (Å²) in [5.74, 6) is 0.535. The van der Waals surface area contributed by atoms with E-state index in [0.29, 0.717) is 11.5 Å². The number of amides is 1. The van der Waals surface area contributed by atoms with Crippen LogP contribution in [-0.4, -0.2) is 11.7 Å². The van der Waals surface area contributed by atoms with E-state index >= 15 is 0 Å². The molecule has 1 aliphatic heterocycles. The first-order valence-electron chi connectivity index (χ1n) is 8.23. The number of halogens is 1. The fourth-order valence-corrected chi connectivity index (χ4v) is 3.19. The summed E-state index contributed by atoms with van der Waals surface area (Å²) in [4.78, 5) is 19.5. The van der Waals surface area contributed by atoms with Gasteiger partial charge in [0.2, 0.25) is 0 Å². The van der Waals surface area contributed by atoms with Crippen molar-refractivity contribution in [2.45, 2.75) is 0 Å². The van der Waals surface area contributed by atoms with Crippen LogP contribution in [0.15, 0.2) is 95.6 Å². The molecule has 1 aliphatic rings. The largest absolute Gasteiger partial charge is 0.282 e. The molecule has 0 unspecified atom stereocenters. The predicted octanol–water partition coefficient (Wildman–Crippen LogP) is 5.13. The number of carbonyl (C=O) groups is 1. The van der Waals surface area contributed by atoms with Crippen LogP contribution in [0.25, 0.3) is 6.08 Å². The van der Waals surface area contributed by atoms with Crippen LogP contribution in [0.2, 0.25) is 0 Å². The number of amidine groups is 1. The number of nitrogens with zero attached hydrogens (tertiary/aromatic N) is 2. The van der Waals surface area contributed by atoms with Crippen molar-refractivity contribution in [3.63, 3.8) is 0 Å². The number of benzene rings is 3. The molecule has 0 saturated heterocycles. The van der Waals surface area contributed by atoms with Crippen molar-refractivity contribution in [1.29, 1.82) is 0 Å².